The molecule has 0 saturated heterocycles. The summed E-state index contributed by atoms with van der Waals surface area (Å²) < 4.78 is 5.13. The van der Waals surface area contributed by atoms with E-state index in [4.69, 9.17) is 15.7 Å². The maximum atomic E-state index is 8.95. The molecule has 0 aliphatic heterocycles. The van der Waals surface area contributed by atoms with Gasteiger partial charge in [0.1, 0.15) is 5.75 Å². The lowest BCUT2D eigenvalue weighted by molar-refractivity contribution is 0.415. The minimum absolute atomic E-state index is 0.588. The molecule has 0 heterocycles. The maximum Gasteiger partial charge on any atom is 0.119 e. The van der Waals surface area contributed by atoms with Gasteiger partial charge in [0.2, 0.25) is 0 Å². The van der Waals surface area contributed by atoms with Gasteiger partial charge in [-0.05, 0) is 42.5 Å². The van der Waals surface area contributed by atoms with Crippen LogP contribution in [0.25, 0.3) is 0 Å². The fourth-order valence-electron chi connectivity index (χ4n) is 1.85. The summed E-state index contributed by atoms with van der Waals surface area (Å²) in [6.07, 6.45) is 0. The van der Waals surface area contributed by atoms with E-state index in [2.05, 4.69) is 6.07 Å². The summed E-state index contributed by atoms with van der Waals surface area (Å²) in [6.45, 7) is 0. The summed E-state index contributed by atoms with van der Waals surface area (Å²) >= 11 is 0. The fraction of sp³-hybridized carbons (Fsp3) is 0.133. The molecule has 2 aromatic rings. The smallest absolute Gasteiger partial charge is 0.119 e. The van der Waals surface area contributed by atoms with Crippen molar-refractivity contribution in [1.29, 1.82) is 5.26 Å². The first-order valence-corrected chi connectivity index (χ1v) is 5.83. The van der Waals surface area contributed by atoms with Crippen molar-refractivity contribution >= 4 is 17.1 Å². The number of hydrogen-bond acceptors (Lipinski definition) is 4. The summed E-state index contributed by atoms with van der Waals surface area (Å²) in [7, 11) is 3.54. The van der Waals surface area contributed by atoms with Crippen LogP contribution in [0.1, 0.15) is 5.56 Å². The molecular formula is C15H15N3O. The topological polar surface area (TPSA) is 62.3 Å². The number of nitrogens with two attached hydrogens (primary N) is 1. The highest BCUT2D eigenvalue weighted by Gasteiger charge is 2.08. The summed E-state index contributed by atoms with van der Waals surface area (Å²) in [6, 6.07) is 15.0. The molecule has 0 aliphatic rings. The number of nitrogens with zero attached hydrogens (tertiary/aromatic N) is 2. The van der Waals surface area contributed by atoms with Gasteiger partial charge in [0.15, 0.2) is 0 Å². The number of benzene rings is 2. The number of anilines is 3. The number of ether oxygens (including phenoxy) is 1. The van der Waals surface area contributed by atoms with Crippen molar-refractivity contribution in [3.63, 3.8) is 0 Å². The minimum Gasteiger partial charge on any atom is -0.497 e. The van der Waals surface area contributed by atoms with Crippen LogP contribution < -0.4 is 15.4 Å². The first kappa shape index (κ1) is 12.8. The Bertz CT molecular complexity index is 614. The van der Waals surface area contributed by atoms with Crippen molar-refractivity contribution in [3.05, 3.63) is 48.0 Å². The number of hydrogen-bond donors (Lipinski definition) is 1. The van der Waals surface area contributed by atoms with Gasteiger partial charge in [-0.15, -0.1) is 0 Å². The summed E-state index contributed by atoms with van der Waals surface area (Å²) in [4.78, 5) is 1.94. The lowest BCUT2D eigenvalue weighted by Crippen LogP contribution is -2.11. The van der Waals surface area contributed by atoms with Crippen molar-refractivity contribution in [2.45, 2.75) is 0 Å². The van der Waals surface area contributed by atoms with E-state index < -0.39 is 0 Å². The van der Waals surface area contributed by atoms with Crippen LogP contribution >= 0.6 is 0 Å². The van der Waals surface area contributed by atoms with Crippen LogP contribution in [-0.4, -0.2) is 14.2 Å². The van der Waals surface area contributed by atoms with Gasteiger partial charge in [-0.25, -0.2) is 0 Å². The molecule has 4 nitrogen and oxygen atoms in total. The molecular weight excluding hydrogens is 238 g/mol. The van der Waals surface area contributed by atoms with Crippen LogP contribution in [-0.2, 0) is 0 Å². The third kappa shape index (κ3) is 2.61. The lowest BCUT2D eigenvalue weighted by Gasteiger charge is -2.21. The molecule has 96 valence electrons. The van der Waals surface area contributed by atoms with Crippen LogP contribution in [0.3, 0.4) is 0 Å². The molecule has 0 radical (unpaired) electrons. The van der Waals surface area contributed by atoms with Gasteiger partial charge >= 0.3 is 0 Å². The minimum atomic E-state index is 0.588. The monoisotopic (exact) mass is 253 g/mol. The van der Waals surface area contributed by atoms with Crippen molar-refractivity contribution in [2.24, 2.45) is 0 Å². The maximum absolute atomic E-state index is 8.95. The number of methoxy groups -OCH3 is 1. The quantitative estimate of drug-likeness (QED) is 0.854. The molecule has 19 heavy (non-hydrogen) atoms. The largest absolute Gasteiger partial charge is 0.497 e. The highest BCUT2D eigenvalue weighted by Crippen LogP contribution is 2.30. The lowest BCUT2D eigenvalue weighted by atomic mass is 10.1. The van der Waals surface area contributed by atoms with Crippen molar-refractivity contribution in [1.82, 2.24) is 0 Å². The van der Waals surface area contributed by atoms with Crippen molar-refractivity contribution < 1.29 is 4.74 Å². The molecule has 0 bridgehead atoms. The molecule has 0 atom stereocenters. The van der Waals surface area contributed by atoms with Crippen LogP contribution in [0.15, 0.2) is 42.5 Å². The van der Waals surface area contributed by atoms with E-state index in [1.807, 2.05) is 36.2 Å². The molecule has 0 fully saturated rings. The van der Waals surface area contributed by atoms with Gasteiger partial charge in [0.25, 0.3) is 0 Å². The zero-order valence-corrected chi connectivity index (χ0v) is 10.9. The third-order valence-electron chi connectivity index (χ3n) is 2.98. The van der Waals surface area contributed by atoms with Gasteiger partial charge < -0.3 is 15.4 Å². The van der Waals surface area contributed by atoms with E-state index in [9.17, 15) is 0 Å². The standard InChI is InChI=1S/C15H15N3O/c1-18(12-4-6-13(19-2)7-5-12)15-9-11(10-16)3-8-14(15)17/h3-9H,17H2,1-2H3. The predicted molar refractivity (Wildman–Crippen MR) is 76.6 cm³/mol. The van der Waals surface area contributed by atoms with E-state index in [0.717, 1.165) is 17.1 Å². The summed E-state index contributed by atoms with van der Waals surface area (Å²) in [5, 5.41) is 8.95. The summed E-state index contributed by atoms with van der Waals surface area (Å²) in [5.74, 6) is 0.802. The fourth-order valence-corrected chi connectivity index (χ4v) is 1.85. The van der Waals surface area contributed by atoms with E-state index in [1.165, 1.54) is 0 Å². The highest BCUT2D eigenvalue weighted by atomic mass is 16.5. The Hall–Kier alpha value is -2.67. The SMILES string of the molecule is COc1ccc(N(C)c2cc(C#N)ccc2N)cc1. The predicted octanol–water partition coefficient (Wildman–Crippen LogP) is 2.92. The highest BCUT2D eigenvalue weighted by molar-refractivity contribution is 5.75. The second-order valence-corrected chi connectivity index (χ2v) is 4.14. The first-order chi connectivity index (χ1) is 9.15. The Kier molecular flexibility index (Phi) is 3.58. The Balaban J connectivity index is 2.37. The molecule has 0 spiro atoms. The van der Waals surface area contributed by atoms with Crippen LogP contribution in [0.5, 0.6) is 5.75 Å². The molecule has 0 aromatic heterocycles. The van der Waals surface area contributed by atoms with Gasteiger partial charge in [0.05, 0.1) is 30.1 Å². The Morgan fingerprint density at radius 3 is 2.42 bits per heavy atom. The van der Waals surface area contributed by atoms with E-state index in [-0.39, 0.29) is 0 Å². The molecule has 0 amide bonds. The van der Waals surface area contributed by atoms with Crippen molar-refractivity contribution in [2.75, 3.05) is 24.8 Å². The van der Waals surface area contributed by atoms with E-state index >= 15 is 0 Å². The number of rotatable bonds is 3. The zero-order valence-electron chi connectivity index (χ0n) is 10.9. The Morgan fingerprint density at radius 1 is 1.16 bits per heavy atom. The Morgan fingerprint density at radius 2 is 1.84 bits per heavy atom. The molecule has 0 saturated carbocycles. The average Bonchev–Trinajstić information content (AvgIpc) is 2.47. The molecule has 2 aromatic carbocycles. The van der Waals surface area contributed by atoms with Gasteiger partial charge in [0, 0.05) is 12.7 Å². The average molecular weight is 253 g/mol. The van der Waals surface area contributed by atoms with Gasteiger partial charge in [-0.2, -0.15) is 5.26 Å². The number of nitrogen functional groups attached to an aromatic ring is 1. The van der Waals surface area contributed by atoms with Crippen LogP contribution in [0, 0.1) is 11.3 Å². The third-order valence-corrected chi connectivity index (χ3v) is 2.98. The van der Waals surface area contributed by atoms with Crippen LogP contribution in [0.2, 0.25) is 0 Å². The summed E-state index contributed by atoms with van der Waals surface area (Å²) in [5.41, 5.74) is 8.97. The van der Waals surface area contributed by atoms with Crippen LogP contribution in [0.4, 0.5) is 17.1 Å². The second-order valence-electron chi connectivity index (χ2n) is 4.14. The molecule has 4 heteroatoms. The Labute approximate surface area is 112 Å². The molecule has 2 N–H and O–H groups in total. The molecule has 0 unspecified atom stereocenters. The normalized spacial score (nSPS) is 9.74. The molecule has 0 aliphatic carbocycles. The van der Waals surface area contributed by atoms with Gasteiger partial charge in [-0.3, -0.25) is 0 Å². The van der Waals surface area contributed by atoms with Gasteiger partial charge in [-0.1, -0.05) is 0 Å². The molecule has 2 rings (SSSR count). The first-order valence-electron chi connectivity index (χ1n) is 5.83. The number of nitriles is 1. The zero-order chi connectivity index (χ0) is 13.8. The van der Waals surface area contributed by atoms with E-state index in [1.54, 1.807) is 25.3 Å². The van der Waals surface area contributed by atoms with Crippen molar-refractivity contribution in [3.8, 4) is 11.8 Å². The second kappa shape index (κ2) is 5.32. The van der Waals surface area contributed by atoms with E-state index in [0.29, 0.717) is 11.3 Å².